The number of anilines is 3. The topological polar surface area (TPSA) is 136 Å². The molecule has 0 radical (unpaired) electrons. The first-order valence-electron chi connectivity index (χ1n) is 13.5. The number of pyridine rings is 1. The second-order valence-electron chi connectivity index (χ2n) is 11.3. The van der Waals surface area contributed by atoms with Crippen molar-refractivity contribution in [3.63, 3.8) is 0 Å². The number of piperidine rings is 1. The molecule has 0 aliphatic carbocycles. The van der Waals surface area contributed by atoms with E-state index in [0.717, 1.165) is 40.5 Å². The molecule has 1 saturated heterocycles. The highest BCUT2D eigenvalue weighted by Gasteiger charge is 2.26. The van der Waals surface area contributed by atoms with Crippen LogP contribution in [0.4, 0.5) is 22.5 Å². The number of benzene rings is 1. The van der Waals surface area contributed by atoms with E-state index in [0.29, 0.717) is 37.3 Å². The molecule has 5 rings (SSSR count). The van der Waals surface area contributed by atoms with Gasteiger partial charge >= 0.3 is 6.09 Å². The zero-order chi connectivity index (χ0) is 27.7. The molecule has 4 N–H and O–H groups in total. The lowest BCUT2D eigenvalue weighted by Gasteiger charge is -2.33. The van der Waals surface area contributed by atoms with Gasteiger partial charge in [0.1, 0.15) is 11.4 Å². The number of fused-ring (bicyclic) bond motifs is 2. The van der Waals surface area contributed by atoms with E-state index in [1.54, 1.807) is 4.52 Å². The number of hydrogen-bond donors (Lipinski definition) is 3. The van der Waals surface area contributed by atoms with Crippen LogP contribution >= 0.6 is 0 Å². The third kappa shape index (κ3) is 5.97. The van der Waals surface area contributed by atoms with E-state index < -0.39 is 5.60 Å². The van der Waals surface area contributed by atoms with Crippen LogP contribution in [-0.4, -0.2) is 55.4 Å². The molecule has 0 atom stereocenters. The van der Waals surface area contributed by atoms with Gasteiger partial charge < -0.3 is 26.0 Å². The highest BCUT2D eigenvalue weighted by atomic mass is 16.6. The summed E-state index contributed by atoms with van der Waals surface area (Å²) < 4.78 is 7.19. The summed E-state index contributed by atoms with van der Waals surface area (Å²) in [6, 6.07) is 9.90. The van der Waals surface area contributed by atoms with Crippen molar-refractivity contribution in [2.45, 2.75) is 71.6 Å². The predicted molar refractivity (Wildman–Crippen MR) is 153 cm³/mol. The largest absolute Gasteiger partial charge is 0.444 e. The molecule has 0 bridgehead atoms. The van der Waals surface area contributed by atoms with Gasteiger partial charge in [-0.3, -0.25) is 0 Å². The molecule has 4 aromatic rings. The Morgan fingerprint density at radius 3 is 2.62 bits per heavy atom. The van der Waals surface area contributed by atoms with E-state index in [2.05, 4.69) is 39.5 Å². The van der Waals surface area contributed by atoms with Crippen LogP contribution in [0.2, 0.25) is 0 Å². The minimum absolute atomic E-state index is 0.0462. The molecule has 11 heteroatoms. The lowest BCUT2D eigenvalue weighted by atomic mass is 10.1. The van der Waals surface area contributed by atoms with Crippen molar-refractivity contribution in [1.29, 1.82) is 0 Å². The maximum absolute atomic E-state index is 12.2. The van der Waals surface area contributed by atoms with Gasteiger partial charge in [-0.2, -0.15) is 19.6 Å². The molecule has 1 aliphatic rings. The van der Waals surface area contributed by atoms with Gasteiger partial charge in [0.15, 0.2) is 5.65 Å². The predicted octanol–water partition coefficient (Wildman–Crippen LogP) is 4.48. The molecule has 39 heavy (non-hydrogen) atoms. The fourth-order valence-corrected chi connectivity index (χ4v) is 4.79. The Bertz CT molecular complexity index is 1480. The number of nitrogens with one attached hydrogen (secondary N) is 2. The second-order valence-corrected chi connectivity index (χ2v) is 11.3. The lowest BCUT2D eigenvalue weighted by Crippen LogP contribution is -2.46. The average molecular weight is 532 g/mol. The number of nitrogen functional groups attached to an aromatic ring is 1. The van der Waals surface area contributed by atoms with E-state index in [-0.39, 0.29) is 18.1 Å². The van der Waals surface area contributed by atoms with E-state index in [1.165, 1.54) is 0 Å². The van der Waals surface area contributed by atoms with Crippen LogP contribution in [0.15, 0.2) is 36.5 Å². The summed E-state index contributed by atoms with van der Waals surface area (Å²) in [4.78, 5) is 28.8. The van der Waals surface area contributed by atoms with Crippen LogP contribution in [0.3, 0.4) is 0 Å². The number of carbonyl (C=O) groups is 1. The Labute approximate surface area is 228 Å². The molecule has 11 nitrogen and oxygen atoms in total. The number of nitrogens with two attached hydrogens (primary N) is 1. The minimum atomic E-state index is -0.522. The van der Waals surface area contributed by atoms with Crippen molar-refractivity contribution >= 4 is 40.4 Å². The first kappa shape index (κ1) is 26.5. The van der Waals surface area contributed by atoms with Gasteiger partial charge in [-0.25, -0.2) is 9.78 Å². The van der Waals surface area contributed by atoms with Crippen molar-refractivity contribution in [3.05, 3.63) is 47.7 Å². The molecular weight excluding hydrogens is 494 g/mol. The fourth-order valence-electron chi connectivity index (χ4n) is 4.79. The van der Waals surface area contributed by atoms with E-state index in [4.69, 9.17) is 20.4 Å². The summed E-state index contributed by atoms with van der Waals surface area (Å²) >= 11 is 0. The number of rotatable bonds is 6. The lowest BCUT2D eigenvalue weighted by molar-refractivity contribution is 0.0497. The van der Waals surface area contributed by atoms with Crippen LogP contribution in [-0.2, 0) is 11.3 Å². The van der Waals surface area contributed by atoms with Crippen molar-refractivity contribution < 1.29 is 9.53 Å². The van der Waals surface area contributed by atoms with Gasteiger partial charge in [0, 0.05) is 36.6 Å². The molecule has 4 heterocycles. The van der Waals surface area contributed by atoms with Crippen LogP contribution in [0.5, 0.6) is 0 Å². The van der Waals surface area contributed by atoms with Crippen molar-refractivity contribution in [2.75, 3.05) is 29.0 Å². The standard InChI is InChI=1S/C28H37N9O2/c1-17(2)21-16-31-37-24(21)34-26(36-13-11-20(12-14-36)32-27(38)39-28(3,4)5)35-25(37)30-15-19-8-6-7-18-9-10-22(29)33-23(18)19/h6-10,16-17,20H,11-15H2,1-5H3,(H2,29,33)(H,32,38)(H,30,34,35). The van der Waals surface area contributed by atoms with Crippen LogP contribution in [0.25, 0.3) is 16.6 Å². The summed E-state index contributed by atoms with van der Waals surface area (Å²) in [6.45, 7) is 11.8. The molecule has 0 saturated carbocycles. The van der Waals surface area contributed by atoms with Crippen molar-refractivity contribution in [2.24, 2.45) is 0 Å². The zero-order valence-electron chi connectivity index (χ0n) is 23.2. The van der Waals surface area contributed by atoms with Gasteiger partial charge in [0.05, 0.1) is 11.7 Å². The summed E-state index contributed by atoms with van der Waals surface area (Å²) in [5.74, 6) is 1.99. The van der Waals surface area contributed by atoms with E-state index in [1.807, 2.05) is 57.3 Å². The van der Waals surface area contributed by atoms with Crippen molar-refractivity contribution in [3.8, 4) is 0 Å². The molecule has 1 aromatic carbocycles. The molecule has 206 valence electrons. The number of ether oxygens (including phenoxy) is 1. The normalized spacial score (nSPS) is 14.8. The Morgan fingerprint density at radius 1 is 1.13 bits per heavy atom. The number of alkyl carbamates (subject to hydrolysis) is 1. The van der Waals surface area contributed by atoms with Gasteiger partial charge in [-0.05, 0) is 57.2 Å². The number of carbonyl (C=O) groups excluding carboxylic acids is 1. The number of aromatic nitrogens is 5. The second kappa shape index (κ2) is 10.5. The van der Waals surface area contributed by atoms with E-state index in [9.17, 15) is 4.79 Å². The Morgan fingerprint density at radius 2 is 1.90 bits per heavy atom. The molecule has 1 amide bonds. The maximum atomic E-state index is 12.2. The van der Waals surface area contributed by atoms with Crippen LogP contribution in [0, 0.1) is 0 Å². The van der Waals surface area contributed by atoms with Gasteiger partial charge in [0.25, 0.3) is 0 Å². The molecule has 0 unspecified atom stereocenters. The van der Waals surface area contributed by atoms with Gasteiger partial charge in [-0.15, -0.1) is 0 Å². The summed E-state index contributed by atoms with van der Waals surface area (Å²) in [7, 11) is 0. The first-order chi connectivity index (χ1) is 18.6. The molecule has 1 aliphatic heterocycles. The first-order valence-corrected chi connectivity index (χ1v) is 13.5. The third-order valence-corrected chi connectivity index (χ3v) is 6.77. The highest BCUT2D eigenvalue weighted by Crippen LogP contribution is 2.26. The summed E-state index contributed by atoms with van der Waals surface area (Å²) in [5, 5.41) is 12.1. The highest BCUT2D eigenvalue weighted by molar-refractivity contribution is 5.83. The number of nitrogens with zero attached hydrogens (tertiary/aromatic N) is 6. The minimum Gasteiger partial charge on any atom is -0.444 e. The van der Waals surface area contributed by atoms with Crippen LogP contribution in [0.1, 0.15) is 64.5 Å². The van der Waals surface area contributed by atoms with E-state index >= 15 is 0 Å². The smallest absolute Gasteiger partial charge is 0.407 e. The molecule has 3 aromatic heterocycles. The SMILES string of the molecule is CC(C)c1cnn2c(NCc3cccc4ccc(N)nc34)nc(N3CCC(NC(=O)OC(C)(C)C)CC3)nc12. The number of amides is 1. The summed E-state index contributed by atoms with van der Waals surface area (Å²) in [5.41, 5.74) is 9.16. The fraction of sp³-hybridized carbons (Fsp3) is 0.464. The van der Waals surface area contributed by atoms with Crippen molar-refractivity contribution in [1.82, 2.24) is 29.9 Å². The van der Waals surface area contributed by atoms with Crippen LogP contribution < -0.4 is 21.3 Å². The molecular formula is C28H37N9O2. The van der Waals surface area contributed by atoms with Gasteiger partial charge in [0.2, 0.25) is 11.9 Å². The Kier molecular flexibility index (Phi) is 7.16. The Hall–Kier alpha value is -4.15. The summed E-state index contributed by atoms with van der Waals surface area (Å²) in [6.07, 6.45) is 3.03. The third-order valence-electron chi connectivity index (χ3n) is 6.77. The maximum Gasteiger partial charge on any atom is 0.407 e. The zero-order valence-corrected chi connectivity index (χ0v) is 23.2. The average Bonchev–Trinajstić information content (AvgIpc) is 3.31. The monoisotopic (exact) mass is 531 g/mol. The Balaban J connectivity index is 1.37. The quantitative estimate of drug-likeness (QED) is 0.329. The number of para-hydroxylation sites is 1. The van der Waals surface area contributed by atoms with Gasteiger partial charge in [-0.1, -0.05) is 32.0 Å². The molecule has 1 fully saturated rings. The molecule has 0 spiro atoms. The number of hydrogen-bond acceptors (Lipinski definition) is 9.